The summed E-state index contributed by atoms with van der Waals surface area (Å²) >= 11 is 0. The van der Waals surface area contributed by atoms with Crippen LogP contribution in [-0.2, 0) is 42.1 Å². The summed E-state index contributed by atoms with van der Waals surface area (Å²) in [5, 5.41) is 21.3. The fourth-order valence-electron chi connectivity index (χ4n) is 7.42. The zero-order valence-electron chi connectivity index (χ0n) is 47.3. The highest BCUT2D eigenvalue weighted by Crippen LogP contribution is 2.47. The quantitative estimate of drug-likeness (QED) is 0.0148. The molecule has 0 aliphatic heterocycles. The van der Waals surface area contributed by atoms with Crippen LogP contribution in [0, 0.1) is 0 Å². The molecule has 0 aromatic carbocycles. The van der Waals surface area contributed by atoms with Gasteiger partial charge in [-0.1, -0.05) is 248 Å². The number of hydrogen-bond acceptors (Lipinski definition) is 13. The lowest BCUT2D eigenvalue weighted by Crippen LogP contribution is -2.27. The summed E-state index contributed by atoms with van der Waals surface area (Å²) in [6, 6.07) is 0. The average Bonchev–Trinajstić information content (AvgIpc) is 3.38. The van der Waals surface area contributed by atoms with Gasteiger partial charge < -0.3 is 29.8 Å². The lowest BCUT2D eigenvalue weighted by atomic mass is 9.95. The van der Waals surface area contributed by atoms with Crippen molar-refractivity contribution in [3.8, 4) is 0 Å². The molecule has 0 saturated carbocycles. The molecule has 0 rings (SSSR count). The van der Waals surface area contributed by atoms with Crippen LogP contribution in [0.3, 0.4) is 0 Å². The number of rotatable bonds is 49. The molecule has 0 bridgehead atoms. The fraction of sp³-hybridized carbons (Fsp3) is 0.946. The number of carbonyl (C=O) groups excluding carboxylic acids is 3. The minimum absolute atomic E-state index is 0.0401. The number of esters is 1. The first-order valence-corrected chi connectivity index (χ1v) is 30.3. The Morgan fingerprint density at radius 1 is 0.543 bits per heavy atom. The Labute approximate surface area is 432 Å². The van der Waals surface area contributed by atoms with Gasteiger partial charge >= 0.3 is 13.8 Å². The van der Waals surface area contributed by atoms with Gasteiger partial charge in [-0.2, -0.15) is 0 Å². The van der Waals surface area contributed by atoms with Gasteiger partial charge in [-0.3, -0.25) is 18.6 Å². The third-order valence-corrected chi connectivity index (χ3v) is 14.4. The van der Waals surface area contributed by atoms with Crippen LogP contribution in [0.5, 0.6) is 0 Å². The summed E-state index contributed by atoms with van der Waals surface area (Å²) < 4.78 is 36.5. The second-order valence-electron chi connectivity index (χ2n) is 19.2. The maximum Gasteiger partial charge on any atom is 0.491 e. The Kier molecular flexibility index (Phi) is 62.7. The molecule has 0 fully saturated rings. The van der Waals surface area contributed by atoms with Crippen molar-refractivity contribution >= 4 is 26.6 Å². The Morgan fingerprint density at radius 3 is 1.13 bits per heavy atom. The molecular formula is C56H117N2O11P. The first-order chi connectivity index (χ1) is 33.8. The first-order valence-electron chi connectivity index (χ1n) is 28.9. The predicted molar refractivity (Wildman–Crippen MR) is 293 cm³/mol. The van der Waals surface area contributed by atoms with Crippen LogP contribution in [-0.4, -0.2) is 79.7 Å². The standard InChI is InChI=1S/C25H51N2O8P.C18H38.C7H16O.C6H12O2/c1-3-4-5-6-7-8-9-10-11-12-13-14-15-16-17-18-25(29)31-21-24(32-23-28)22-34-36(30,35-26)33-20-19-27-2;1-3-5-7-9-11-13-15-17-18-16-14-12-10-8-6-4-2;1-4-7(8,5-2)6-3;1-3-6(8,4-2)5-7/h23-24,27H,3-22,26H2,1-2H3;3-18H2,1-2H3;8H,4-6H2,1-3H3;5,8H,3-4H2,1-2H3. The van der Waals surface area contributed by atoms with Crippen LogP contribution < -0.4 is 11.2 Å². The number of nitrogens with two attached hydrogens (primary N) is 1. The van der Waals surface area contributed by atoms with E-state index >= 15 is 0 Å². The van der Waals surface area contributed by atoms with Gasteiger partial charge in [-0.05, 0) is 45.6 Å². The molecule has 0 aliphatic rings. The van der Waals surface area contributed by atoms with Crippen LogP contribution in [0.25, 0.3) is 0 Å². The van der Waals surface area contributed by atoms with Crippen LogP contribution in [0.1, 0.15) is 293 Å². The summed E-state index contributed by atoms with van der Waals surface area (Å²) in [6.45, 7) is 16.5. The summed E-state index contributed by atoms with van der Waals surface area (Å²) in [6.07, 6.45) is 45.8. The van der Waals surface area contributed by atoms with Crippen LogP contribution >= 0.6 is 7.82 Å². The SMILES string of the molecule is CCC(O)(C=O)CC.CCC(O)(CC)CC.CCCCCCCCCCCCCCCCCC.CCCCCCCCCCCCCCCCCC(=O)OCC(COP(=O)(ON)OCCNC)OC=O. The molecule has 0 radical (unpaired) electrons. The van der Waals surface area contributed by atoms with E-state index in [1.807, 2.05) is 20.8 Å². The smallest absolute Gasteiger partial charge is 0.462 e. The minimum Gasteiger partial charge on any atom is -0.462 e. The van der Waals surface area contributed by atoms with E-state index in [4.69, 9.17) is 29.5 Å². The van der Waals surface area contributed by atoms with E-state index in [-0.39, 0.29) is 37.9 Å². The molecule has 13 nitrogen and oxygen atoms in total. The Bertz CT molecular complexity index is 1090. The minimum atomic E-state index is -4.00. The fourth-order valence-corrected chi connectivity index (χ4v) is 8.28. The number of aldehydes is 1. The molecular weight excluding hydrogens is 908 g/mol. The topological polar surface area (TPSA) is 193 Å². The Morgan fingerprint density at radius 2 is 0.886 bits per heavy atom. The number of carbonyl (C=O) groups is 3. The summed E-state index contributed by atoms with van der Waals surface area (Å²) in [7, 11) is -2.31. The van der Waals surface area contributed by atoms with Gasteiger partial charge in [0.2, 0.25) is 0 Å². The van der Waals surface area contributed by atoms with E-state index in [1.165, 1.54) is 180 Å². The number of nitrogens with one attached hydrogen (secondary N) is 1. The summed E-state index contributed by atoms with van der Waals surface area (Å²) in [4.78, 5) is 32.7. The molecule has 0 aromatic rings. The molecule has 0 heterocycles. The van der Waals surface area contributed by atoms with Gasteiger partial charge in [0.05, 0.1) is 18.8 Å². The van der Waals surface area contributed by atoms with Crippen molar-refractivity contribution in [1.82, 2.24) is 5.32 Å². The van der Waals surface area contributed by atoms with Gasteiger partial charge in [0.25, 0.3) is 6.47 Å². The number of likely N-dealkylation sites (N-methyl/N-ethyl adjacent to an activating group) is 1. The van der Waals surface area contributed by atoms with E-state index < -0.39 is 19.5 Å². The Hall–Kier alpha value is -1.44. The number of ether oxygens (including phenoxy) is 2. The number of hydrogen-bond donors (Lipinski definition) is 4. The molecule has 0 aliphatic carbocycles. The van der Waals surface area contributed by atoms with E-state index in [2.05, 4.69) is 30.7 Å². The van der Waals surface area contributed by atoms with Gasteiger partial charge in [-0.15, -0.1) is 0 Å². The van der Waals surface area contributed by atoms with Crippen molar-refractivity contribution in [2.24, 2.45) is 5.90 Å². The number of phosphoric ester groups is 1. The summed E-state index contributed by atoms with van der Waals surface area (Å²) in [5.74, 6) is 4.61. The highest BCUT2D eigenvalue weighted by molar-refractivity contribution is 7.48. The van der Waals surface area contributed by atoms with Gasteiger partial charge in [0.1, 0.15) is 12.2 Å². The molecule has 0 spiro atoms. The number of phosphoric acid groups is 1. The molecule has 422 valence electrons. The molecule has 2 atom stereocenters. The van der Waals surface area contributed by atoms with Crippen LogP contribution in [0.4, 0.5) is 0 Å². The van der Waals surface area contributed by atoms with Crippen LogP contribution in [0.2, 0.25) is 0 Å². The number of unbranched alkanes of at least 4 members (excludes halogenated alkanes) is 29. The van der Waals surface area contributed by atoms with E-state index in [9.17, 15) is 24.1 Å². The van der Waals surface area contributed by atoms with E-state index in [0.717, 1.165) is 38.5 Å². The third-order valence-electron chi connectivity index (χ3n) is 13.2. The lowest BCUT2D eigenvalue weighted by molar-refractivity contribution is -0.153. The normalized spacial score (nSPS) is 12.6. The van der Waals surface area contributed by atoms with Crippen molar-refractivity contribution in [3.63, 3.8) is 0 Å². The largest absolute Gasteiger partial charge is 0.491 e. The van der Waals surface area contributed by atoms with Gasteiger partial charge in [0.15, 0.2) is 12.4 Å². The van der Waals surface area contributed by atoms with Crippen molar-refractivity contribution in [2.45, 2.75) is 310 Å². The van der Waals surface area contributed by atoms with E-state index in [1.54, 1.807) is 20.9 Å². The van der Waals surface area contributed by atoms with Crippen molar-refractivity contribution < 1.29 is 52.3 Å². The molecule has 14 heteroatoms. The molecule has 70 heavy (non-hydrogen) atoms. The highest BCUT2D eigenvalue weighted by Gasteiger charge is 2.28. The predicted octanol–water partition coefficient (Wildman–Crippen LogP) is 15.5. The molecule has 5 N–H and O–H groups in total. The zero-order valence-corrected chi connectivity index (χ0v) is 48.2. The molecule has 2 unspecified atom stereocenters. The lowest BCUT2D eigenvalue weighted by Gasteiger charge is -2.22. The monoisotopic (exact) mass is 1020 g/mol. The average molecular weight is 1030 g/mol. The van der Waals surface area contributed by atoms with Crippen molar-refractivity contribution in [3.05, 3.63) is 0 Å². The zero-order chi connectivity index (χ0) is 53.3. The third kappa shape index (κ3) is 55.9. The molecule has 0 saturated heterocycles. The van der Waals surface area contributed by atoms with Crippen molar-refractivity contribution in [1.29, 1.82) is 0 Å². The van der Waals surface area contributed by atoms with Crippen molar-refractivity contribution in [2.75, 3.05) is 33.4 Å². The highest BCUT2D eigenvalue weighted by atomic mass is 31.2. The summed E-state index contributed by atoms with van der Waals surface area (Å²) in [5.41, 5.74) is -1.43. The number of aliphatic hydroxyl groups is 2. The maximum atomic E-state index is 12.2. The molecule has 0 aromatic heterocycles. The first kappa shape index (κ1) is 75.1. The van der Waals surface area contributed by atoms with Gasteiger partial charge in [-0.25, -0.2) is 15.1 Å². The van der Waals surface area contributed by atoms with E-state index in [0.29, 0.717) is 32.1 Å². The second kappa shape index (κ2) is 58.4. The van der Waals surface area contributed by atoms with Crippen LogP contribution in [0.15, 0.2) is 0 Å². The Balaban J connectivity index is -0.000000522. The van der Waals surface area contributed by atoms with Gasteiger partial charge in [0, 0.05) is 13.0 Å². The maximum absolute atomic E-state index is 12.2. The molecule has 0 amide bonds. The second-order valence-corrected chi connectivity index (χ2v) is 20.8.